The first-order valence-corrected chi connectivity index (χ1v) is 12.6. The van der Waals surface area contributed by atoms with E-state index in [0.29, 0.717) is 17.4 Å². The van der Waals surface area contributed by atoms with Crippen molar-refractivity contribution in [3.8, 4) is 5.69 Å². The molecule has 0 aliphatic heterocycles. The van der Waals surface area contributed by atoms with Gasteiger partial charge in [-0.05, 0) is 43.3 Å². The second-order valence-electron chi connectivity index (χ2n) is 8.03. The number of nitrogens with zero attached hydrogens (tertiary/aromatic N) is 5. The minimum absolute atomic E-state index is 0.156. The highest BCUT2D eigenvalue weighted by Crippen LogP contribution is 2.39. The molecule has 1 amide bonds. The van der Waals surface area contributed by atoms with Crippen molar-refractivity contribution in [2.75, 3.05) is 11.1 Å². The second-order valence-corrected chi connectivity index (χ2v) is 10.0. The van der Waals surface area contributed by atoms with Gasteiger partial charge in [0.15, 0.2) is 5.16 Å². The molecular weight excluding hydrogens is 456 g/mol. The molecule has 1 fully saturated rings. The molecule has 10 heteroatoms. The van der Waals surface area contributed by atoms with Gasteiger partial charge in [-0.2, -0.15) is 0 Å². The Hall–Kier alpha value is -3.11. The lowest BCUT2D eigenvalue weighted by Crippen LogP contribution is -2.23. The minimum Gasteiger partial charge on any atom is -0.319 e. The number of thiophene rings is 1. The molecule has 0 bridgehead atoms. The molecule has 1 aliphatic carbocycles. The summed E-state index contributed by atoms with van der Waals surface area (Å²) in [5.41, 5.74) is 1.49. The smallest absolute Gasteiger partial charge is 0.295 e. The normalized spacial score (nSPS) is 13.4. The van der Waals surface area contributed by atoms with Gasteiger partial charge in [0.2, 0.25) is 5.91 Å². The van der Waals surface area contributed by atoms with E-state index in [9.17, 15) is 9.59 Å². The van der Waals surface area contributed by atoms with Crippen molar-refractivity contribution in [2.45, 2.75) is 37.4 Å². The Bertz CT molecular complexity index is 1330. The van der Waals surface area contributed by atoms with Crippen LogP contribution in [0.1, 0.15) is 35.3 Å². The zero-order valence-corrected chi connectivity index (χ0v) is 20.0. The van der Waals surface area contributed by atoms with Gasteiger partial charge in [0.25, 0.3) is 5.56 Å². The maximum absolute atomic E-state index is 13.0. The number of para-hydroxylation sites is 1. The van der Waals surface area contributed by atoms with E-state index in [1.54, 1.807) is 27.7 Å². The lowest BCUT2D eigenvalue weighted by atomic mass is 10.3. The van der Waals surface area contributed by atoms with Gasteiger partial charge >= 0.3 is 0 Å². The Labute approximate surface area is 199 Å². The standard InChI is InChI=1S/C23H24N6O2S2/c1-15-21(22(31)29(27(15)2)17-7-4-3-5-8-17)24-20(30)14-33-23-26-25-19(28(23)16-10-11-16)13-18-9-6-12-32-18/h3-9,12,16H,10-11,13-14H2,1-2H3,(H,24,30). The van der Waals surface area contributed by atoms with E-state index >= 15 is 0 Å². The molecule has 1 N–H and O–H groups in total. The fourth-order valence-corrected chi connectivity index (χ4v) is 5.34. The second kappa shape index (κ2) is 9.03. The van der Waals surface area contributed by atoms with Gasteiger partial charge in [-0.15, -0.1) is 21.5 Å². The van der Waals surface area contributed by atoms with E-state index in [0.717, 1.165) is 35.9 Å². The lowest BCUT2D eigenvalue weighted by Gasteiger charge is -2.08. The summed E-state index contributed by atoms with van der Waals surface area (Å²) in [5, 5.41) is 14.4. The topological polar surface area (TPSA) is 86.7 Å². The number of carbonyl (C=O) groups excluding carboxylic acids is 1. The Balaban J connectivity index is 1.30. The third kappa shape index (κ3) is 4.40. The van der Waals surface area contributed by atoms with Crippen LogP contribution < -0.4 is 10.9 Å². The number of nitrogens with one attached hydrogen (secondary N) is 1. The fraction of sp³-hybridized carbons (Fsp3) is 0.304. The van der Waals surface area contributed by atoms with Crippen LogP contribution in [0.4, 0.5) is 5.69 Å². The van der Waals surface area contributed by atoms with E-state index in [1.807, 2.05) is 43.3 Å². The Morgan fingerprint density at radius 1 is 1.18 bits per heavy atom. The summed E-state index contributed by atoms with van der Waals surface area (Å²) in [6, 6.07) is 13.9. The molecular formula is C23H24N6O2S2. The van der Waals surface area contributed by atoms with Gasteiger partial charge in [0.05, 0.1) is 17.1 Å². The largest absolute Gasteiger partial charge is 0.319 e. The molecule has 4 aromatic rings. The van der Waals surface area contributed by atoms with E-state index in [1.165, 1.54) is 16.6 Å². The number of amides is 1. The van der Waals surface area contributed by atoms with Crippen molar-refractivity contribution >= 4 is 34.7 Å². The van der Waals surface area contributed by atoms with Crippen molar-refractivity contribution in [1.29, 1.82) is 0 Å². The number of hydrogen-bond donors (Lipinski definition) is 1. The van der Waals surface area contributed by atoms with Crippen LogP contribution >= 0.6 is 23.1 Å². The van der Waals surface area contributed by atoms with Crippen molar-refractivity contribution in [2.24, 2.45) is 7.05 Å². The molecule has 0 spiro atoms. The van der Waals surface area contributed by atoms with E-state index in [2.05, 4.69) is 31.5 Å². The van der Waals surface area contributed by atoms with Crippen molar-refractivity contribution in [1.82, 2.24) is 24.1 Å². The molecule has 33 heavy (non-hydrogen) atoms. The van der Waals surface area contributed by atoms with Gasteiger partial charge in [-0.1, -0.05) is 36.0 Å². The highest BCUT2D eigenvalue weighted by molar-refractivity contribution is 7.99. The monoisotopic (exact) mass is 480 g/mol. The number of benzene rings is 1. The first kappa shape index (κ1) is 21.7. The molecule has 170 valence electrons. The molecule has 0 saturated heterocycles. The Morgan fingerprint density at radius 3 is 2.67 bits per heavy atom. The molecule has 0 unspecified atom stereocenters. The lowest BCUT2D eigenvalue weighted by molar-refractivity contribution is -0.113. The van der Waals surface area contributed by atoms with Gasteiger partial charge < -0.3 is 9.88 Å². The molecule has 3 heterocycles. The van der Waals surface area contributed by atoms with Crippen LogP contribution in [0.5, 0.6) is 0 Å². The van der Waals surface area contributed by atoms with Crippen LogP contribution in [0.2, 0.25) is 0 Å². The first-order chi connectivity index (χ1) is 16.0. The summed E-state index contributed by atoms with van der Waals surface area (Å²) in [6.45, 7) is 1.82. The maximum Gasteiger partial charge on any atom is 0.295 e. The number of anilines is 1. The number of hydrogen-bond acceptors (Lipinski definition) is 6. The third-order valence-electron chi connectivity index (χ3n) is 5.71. The number of aromatic nitrogens is 5. The van der Waals surface area contributed by atoms with Crippen LogP contribution in [0.3, 0.4) is 0 Å². The quantitative estimate of drug-likeness (QED) is 0.388. The third-order valence-corrected chi connectivity index (χ3v) is 7.53. The van der Waals surface area contributed by atoms with Crippen LogP contribution in [0.25, 0.3) is 5.69 Å². The van der Waals surface area contributed by atoms with Crippen molar-refractivity contribution in [3.05, 3.63) is 74.6 Å². The predicted molar refractivity (Wildman–Crippen MR) is 131 cm³/mol. The highest BCUT2D eigenvalue weighted by atomic mass is 32.2. The molecule has 5 rings (SSSR count). The predicted octanol–water partition coefficient (Wildman–Crippen LogP) is 3.79. The van der Waals surface area contributed by atoms with Crippen molar-refractivity contribution < 1.29 is 4.79 Å². The Morgan fingerprint density at radius 2 is 1.97 bits per heavy atom. The van der Waals surface area contributed by atoms with E-state index in [4.69, 9.17) is 0 Å². The van der Waals surface area contributed by atoms with Gasteiger partial charge in [-0.3, -0.25) is 14.3 Å². The highest BCUT2D eigenvalue weighted by Gasteiger charge is 2.30. The summed E-state index contributed by atoms with van der Waals surface area (Å²) in [6.07, 6.45) is 2.96. The van der Waals surface area contributed by atoms with Gasteiger partial charge in [0, 0.05) is 24.4 Å². The van der Waals surface area contributed by atoms with E-state index < -0.39 is 0 Å². The molecule has 0 atom stereocenters. The van der Waals surface area contributed by atoms with Crippen molar-refractivity contribution in [3.63, 3.8) is 0 Å². The van der Waals surface area contributed by atoms with Crippen LogP contribution in [-0.4, -0.2) is 35.8 Å². The van der Waals surface area contributed by atoms with Crippen LogP contribution in [0, 0.1) is 6.92 Å². The van der Waals surface area contributed by atoms with Gasteiger partial charge in [0.1, 0.15) is 11.5 Å². The fourth-order valence-electron chi connectivity index (χ4n) is 3.81. The molecule has 0 radical (unpaired) electrons. The number of rotatable bonds is 8. The Kier molecular flexibility index (Phi) is 5.94. The molecule has 1 aromatic carbocycles. The SMILES string of the molecule is Cc1c(NC(=O)CSc2nnc(Cc3cccs3)n2C2CC2)c(=O)n(-c2ccccc2)n1C. The molecule has 1 saturated carbocycles. The van der Waals surface area contributed by atoms with Gasteiger partial charge in [-0.25, -0.2) is 4.68 Å². The zero-order valence-electron chi connectivity index (χ0n) is 18.4. The van der Waals surface area contributed by atoms with E-state index in [-0.39, 0.29) is 17.2 Å². The summed E-state index contributed by atoms with van der Waals surface area (Å²) in [4.78, 5) is 27.0. The first-order valence-electron chi connectivity index (χ1n) is 10.8. The molecule has 8 nitrogen and oxygen atoms in total. The molecule has 3 aromatic heterocycles. The summed E-state index contributed by atoms with van der Waals surface area (Å²) in [7, 11) is 1.81. The number of thioether (sulfide) groups is 1. The van der Waals surface area contributed by atoms with Crippen LogP contribution in [0.15, 0.2) is 57.8 Å². The summed E-state index contributed by atoms with van der Waals surface area (Å²) >= 11 is 3.07. The zero-order chi connectivity index (χ0) is 22.9. The maximum atomic E-state index is 13.0. The van der Waals surface area contributed by atoms with Crippen LogP contribution in [-0.2, 0) is 18.3 Å². The average Bonchev–Trinajstić information content (AvgIpc) is 3.29. The average molecular weight is 481 g/mol. The molecule has 1 aliphatic rings. The minimum atomic E-state index is -0.251. The number of carbonyl (C=O) groups is 1. The summed E-state index contributed by atoms with van der Waals surface area (Å²) in [5.74, 6) is 0.854. The summed E-state index contributed by atoms with van der Waals surface area (Å²) < 4.78 is 5.48.